The van der Waals surface area contributed by atoms with Crippen LogP contribution in [0.5, 0.6) is 0 Å². The lowest BCUT2D eigenvalue weighted by molar-refractivity contribution is 0.00367. The third-order valence-electron chi connectivity index (χ3n) is 3.19. The first kappa shape index (κ1) is 18.4. The highest BCUT2D eigenvalue weighted by Gasteiger charge is 2.11. The minimum absolute atomic E-state index is 0.0450. The van der Waals surface area contributed by atoms with E-state index in [2.05, 4.69) is 19.2 Å². The van der Waals surface area contributed by atoms with E-state index in [0.29, 0.717) is 13.2 Å². The molecule has 1 aromatic rings. The number of halogens is 1. The molecule has 0 amide bonds. The van der Waals surface area contributed by atoms with E-state index in [-0.39, 0.29) is 6.10 Å². The predicted octanol–water partition coefficient (Wildman–Crippen LogP) is 4.21. The van der Waals surface area contributed by atoms with Crippen molar-refractivity contribution in [3.05, 3.63) is 34.9 Å². The van der Waals surface area contributed by atoms with Gasteiger partial charge in [-0.3, -0.25) is 0 Å². The molecule has 0 fully saturated rings. The van der Waals surface area contributed by atoms with Crippen LogP contribution in [0.4, 0.5) is 0 Å². The number of unbranched alkanes of at least 4 members (excludes halogenated alkanes) is 1. The zero-order valence-corrected chi connectivity index (χ0v) is 14.0. The smallest absolute Gasteiger partial charge is 0.0950 e. The van der Waals surface area contributed by atoms with Gasteiger partial charge >= 0.3 is 0 Å². The number of benzene rings is 1. The minimum Gasteiger partial charge on any atom is -0.379 e. The highest BCUT2D eigenvalue weighted by molar-refractivity contribution is 6.30. The minimum atomic E-state index is 0.0450. The van der Waals surface area contributed by atoms with Gasteiger partial charge in [0.25, 0.3) is 0 Å². The van der Waals surface area contributed by atoms with Crippen LogP contribution in [0.1, 0.15) is 44.8 Å². The van der Waals surface area contributed by atoms with Gasteiger partial charge in [-0.05, 0) is 37.1 Å². The highest BCUT2D eigenvalue weighted by Crippen LogP contribution is 2.19. The molecule has 1 N–H and O–H groups in total. The van der Waals surface area contributed by atoms with Gasteiger partial charge in [0.15, 0.2) is 0 Å². The van der Waals surface area contributed by atoms with Crippen LogP contribution in [0.15, 0.2) is 24.3 Å². The molecule has 0 aliphatic carbocycles. The largest absolute Gasteiger partial charge is 0.379 e. The summed E-state index contributed by atoms with van der Waals surface area (Å²) in [6, 6.07) is 7.87. The van der Waals surface area contributed by atoms with Gasteiger partial charge in [-0.1, -0.05) is 44.0 Å². The third-order valence-corrected chi connectivity index (χ3v) is 3.44. The van der Waals surface area contributed by atoms with Crippen molar-refractivity contribution in [2.75, 3.05) is 32.9 Å². The fraction of sp³-hybridized carbons (Fsp3) is 0.647. The van der Waals surface area contributed by atoms with E-state index in [4.69, 9.17) is 21.1 Å². The Labute approximate surface area is 134 Å². The summed E-state index contributed by atoms with van der Waals surface area (Å²) < 4.78 is 11.5. The van der Waals surface area contributed by atoms with Crippen molar-refractivity contribution >= 4 is 11.6 Å². The van der Waals surface area contributed by atoms with Crippen molar-refractivity contribution in [1.82, 2.24) is 5.32 Å². The summed E-state index contributed by atoms with van der Waals surface area (Å²) in [4.78, 5) is 0. The molecule has 1 unspecified atom stereocenters. The summed E-state index contributed by atoms with van der Waals surface area (Å²) in [6.45, 7) is 8.22. The number of ether oxygens (including phenoxy) is 2. The van der Waals surface area contributed by atoms with Crippen LogP contribution < -0.4 is 5.32 Å². The molecule has 0 bridgehead atoms. The van der Waals surface area contributed by atoms with Gasteiger partial charge in [0.1, 0.15) is 0 Å². The lowest BCUT2D eigenvalue weighted by atomic mass is 10.1. The highest BCUT2D eigenvalue weighted by atomic mass is 35.5. The van der Waals surface area contributed by atoms with Crippen LogP contribution >= 0.6 is 11.6 Å². The first-order valence-corrected chi connectivity index (χ1v) is 8.31. The van der Waals surface area contributed by atoms with Crippen molar-refractivity contribution in [3.63, 3.8) is 0 Å². The average molecular weight is 314 g/mol. The monoisotopic (exact) mass is 313 g/mol. The summed E-state index contributed by atoms with van der Waals surface area (Å²) >= 11 is 5.94. The van der Waals surface area contributed by atoms with Crippen LogP contribution in [0, 0.1) is 0 Å². The van der Waals surface area contributed by atoms with Crippen LogP contribution in [0.3, 0.4) is 0 Å². The van der Waals surface area contributed by atoms with Crippen LogP contribution in [0.2, 0.25) is 5.02 Å². The Morgan fingerprint density at radius 1 is 1.05 bits per heavy atom. The summed E-state index contributed by atoms with van der Waals surface area (Å²) in [6.07, 6.45) is 3.44. The van der Waals surface area contributed by atoms with Crippen molar-refractivity contribution < 1.29 is 9.47 Å². The molecular weight excluding hydrogens is 286 g/mol. The first-order valence-electron chi connectivity index (χ1n) is 7.93. The molecule has 0 aliphatic rings. The third kappa shape index (κ3) is 8.42. The maximum atomic E-state index is 5.96. The molecule has 3 nitrogen and oxygen atoms in total. The second-order valence-electron chi connectivity index (χ2n) is 5.08. The maximum absolute atomic E-state index is 5.96. The molecule has 4 heteroatoms. The van der Waals surface area contributed by atoms with E-state index in [1.165, 1.54) is 0 Å². The SMILES string of the molecule is CCCCOCCOC(CNCCC)c1ccc(Cl)cc1. The van der Waals surface area contributed by atoms with Crippen LogP contribution in [-0.2, 0) is 9.47 Å². The van der Waals surface area contributed by atoms with Crippen molar-refractivity contribution in [2.24, 2.45) is 0 Å². The van der Waals surface area contributed by atoms with Crippen molar-refractivity contribution in [3.8, 4) is 0 Å². The Morgan fingerprint density at radius 2 is 1.81 bits per heavy atom. The molecule has 0 aliphatic heterocycles. The normalized spacial score (nSPS) is 12.5. The molecule has 0 saturated carbocycles. The zero-order chi connectivity index (χ0) is 15.3. The van der Waals surface area contributed by atoms with Crippen molar-refractivity contribution in [1.29, 1.82) is 0 Å². The van der Waals surface area contributed by atoms with E-state index in [9.17, 15) is 0 Å². The summed E-state index contributed by atoms with van der Waals surface area (Å²) in [5.74, 6) is 0. The topological polar surface area (TPSA) is 30.5 Å². The van der Waals surface area contributed by atoms with E-state index >= 15 is 0 Å². The van der Waals surface area contributed by atoms with Gasteiger partial charge in [-0.15, -0.1) is 0 Å². The number of hydrogen-bond acceptors (Lipinski definition) is 3. The Balaban J connectivity index is 2.39. The summed E-state index contributed by atoms with van der Waals surface area (Å²) in [5, 5.41) is 4.16. The molecule has 0 saturated heterocycles. The fourth-order valence-corrected chi connectivity index (χ4v) is 2.08. The van der Waals surface area contributed by atoms with E-state index < -0.39 is 0 Å². The first-order chi connectivity index (χ1) is 10.3. The standard InChI is InChI=1S/C17H28ClNO2/c1-3-5-11-20-12-13-21-17(14-19-10-4-2)15-6-8-16(18)9-7-15/h6-9,17,19H,3-5,10-14H2,1-2H3. The number of hydrogen-bond donors (Lipinski definition) is 1. The molecule has 0 spiro atoms. The van der Waals surface area contributed by atoms with Crippen LogP contribution in [-0.4, -0.2) is 32.9 Å². The second kappa shape index (κ2) is 12.0. The Bertz CT molecular complexity index is 356. The van der Waals surface area contributed by atoms with E-state index in [1.54, 1.807) is 0 Å². The van der Waals surface area contributed by atoms with Gasteiger partial charge in [0, 0.05) is 18.2 Å². The summed E-state index contributed by atoms with van der Waals surface area (Å²) in [7, 11) is 0. The second-order valence-corrected chi connectivity index (χ2v) is 5.52. The number of rotatable bonds is 12. The summed E-state index contributed by atoms with van der Waals surface area (Å²) in [5.41, 5.74) is 1.15. The molecule has 120 valence electrons. The molecule has 1 aromatic carbocycles. The van der Waals surface area contributed by atoms with Gasteiger partial charge in [0.05, 0.1) is 19.3 Å². The number of nitrogens with one attached hydrogen (secondary N) is 1. The molecule has 21 heavy (non-hydrogen) atoms. The van der Waals surface area contributed by atoms with Gasteiger partial charge in [-0.25, -0.2) is 0 Å². The predicted molar refractivity (Wildman–Crippen MR) is 89.0 cm³/mol. The molecule has 0 heterocycles. The Hall–Kier alpha value is -0.610. The maximum Gasteiger partial charge on any atom is 0.0950 e. The Kier molecular flexibility index (Phi) is 10.5. The lowest BCUT2D eigenvalue weighted by Crippen LogP contribution is -2.25. The van der Waals surface area contributed by atoms with Crippen LogP contribution in [0.25, 0.3) is 0 Å². The molecule has 1 rings (SSSR count). The van der Waals surface area contributed by atoms with Gasteiger partial charge < -0.3 is 14.8 Å². The van der Waals surface area contributed by atoms with E-state index in [0.717, 1.165) is 49.5 Å². The average Bonchev–Trinajstić information content (AvgIpc) is 2.50. The quantitative estimate of drug-likeness (QED) is 0.586. The molecular formula is C17H28ClNO2. The molecule has 0 radical (unpaired) electrons. The zero-order valence-electron chi connectivity index (χ0n) is 13.2. The fourth-order valence-electron chi connectivity index (χ4n) is 1.96. The van der Waals surface area contributed by atoms with Crippen molar-refractivity contribution in [2.45, 2.75) is 39.2 Å². The Morgan fingerprint density at radius 3 is 2.48 bits per heavy atom. The lowest BCUT2D eigenvalue weighted by Gasteiger charge is -2.19. The molecule has 1 atom stereocenters. The van der Waals surface area contributed by atoms with E-state index in [1.807, 2.05) is 24.3 Å². The van der Waals surface area contributed by atoms with Gasteiger partial charge in [-0.2, -0.15) is 0 Å². The molecule has 0 aromatic heterocycles. The van der Waals surface area contributed by atoms with Gasteiger partial charge in [0.2, 0.25) is 0 Å².